The summed E-state index contributed by atoms with van der Waals surface area (Å²) >= 11 is 0. The van der Waals surface area contributed by atoms with Crippen LogP contribution in [0, 0.1) is 0 Å². The Hall–Kier alpha value is -3.66. The van der Waals surface area contributed by atoms with Gasteiger partial charge in [0.25, 0.3) is 0 Å². The molecule has 12 N–H and O–H groups in total. The number of carboxylic acids is 4. The molecule has 0 aromatic heterocycles. The smallest absolute Gasteiger partial charge is 0.322 e. The molecular formula is C21H34N6O13S2. The van der Waals surface area contributed by atoms with Crippen molar-refractivity contribution in [3.05, 3.63) is 0 Å². The Morgan fingerprint density at radius 1 is 0.714 bits per heavy atom. The molecule has 21 heteroatoms. The second-order valence-corrected chi connectivity index (χ2v) is 11.0. The number of aliphatic carboxylic acids is 4. The van der Waals surface area contributed by atoms with E-state index in [0.717, 1.165) is 21.6 Å². The molecule has 0 aliphatic carbocycles. The summed E-state index contributed by atoms with van der Waals surface area (Å²) < 4.78 is 0. The quantitative estimate of drug-likeness (QED) is 0.0304. The lowest BCUT2D eigenvalue weighted by atomic mass is 10.1. The van der Waals surface area contributed by atoms with Crippen LogP contribution in [0.4, 0.5) is 0 Å². The number of carbonyl (C=O) groups is 8. The topological polar surface area (TPSA) is 329 Å². The van der Waals surface area contributed by atoms with Crippen LogP contribution in [-0.2, 0) is 38.4 Å². The van der Waals surface area contributed by atoms with Gasteiger partial charge in [-0.15, -0.1) is 0 Å². The average Bonchev–Trinajstić information content (AvgIpc) is 2.92. The van der Waals surface area contributed by atoms with Crippen LogP contribution in [0.25, 0.3) is 0 Å². The van der Waals surface area contributed by atoms with Crippen molar-refractivity contribution >= 4 is 69.1 Å². The van der Waals surface area contributed by atoms with Gasteiger partial charge in [-0.3, -0.25) is 38.4 Å². The second kappa shape index (κ2) is 20.3. The molecule has 0 unspecified atom stereocenters. The van der Waals surface area contributed by atoms with E-state index in [-0.39, 0.29) is 30.8 Å². The first-order valence-corrected chi connectivity index (χ1v) is 14.5. The van der Waals surface area contributed by atoms with Gasteiger partial charge in [0.2, 0.25) is 23.6 Å². The maximum Gasteiger partial charge on any atom is 0.322 e. The minimum Gasteiger partial charge on any atom is -0.480 e. The standard InChI is InChI=1S/C21H34N6O13S2/c22-10(20(37)38)1-3-14(29)26-12(18(35)24-5-16(31)32)7-41-42-8-13(19(36)25-6-17(33)34)27(9-28)15(30)4-2-11(23)21(39)40/h10-13,28H,1-9,22-23H2,(H,24,35)(H,25,36)(H,26,29)(H,31,32)(H,33,34)(H,37,38)(H,39,40)/t10-,11-,12-,13-/m0/s1. The minimum atomic E-state index is -1.45. The highest BCUT2D eigenvalue weighted by atomic mass is 33.1. The summed E-state index contributed by atoms with van der Waals surface area (Å²) in [5, 5.41) is 51.6. The zero-order valence-electron chi connectivity index (χ0n) is 22.1. The monoisotopic (exact) mass is 642 g/mol. The van der Waals surface area contributed by atoms with Gasteiger partial charge in [0.05, 0.1) is 0 Å². The largest absolute Gasteiger partial charge is 0.480 e. The van der Waals surface area contributed by atoms with Crippen LogP contribution in [0.5, 0.6) is 0 Å². The van der Waals surface area contributed by atoms with Crippen molar-refractivity contribution in [3.63, 3.8) is 0 Å². The lowest BCUT2D eigenvalue weighted by Gasteiger charge is -2.29. The van der Waals surface area contributed by atoms with Crippen LogP contribution in [0.15, 0.2) is 0 Å². The van der Waals surface area contributed by atoms with Crippen LogP contribution >= 0.6 is 21.6 Å². The molecule has 0 aliphatic rings. The molecule has 0 aliphatic heterocycles. The molecule has 0 radical (unpaired) electrons. The molecule has 4 amide bonds. The summed E-state index contributed by atoms with van der Waals surface area (Å²) in [6.07, 6.45) is -1.39. The third kappa shape index (κ3) is 16.0. The fourth-order valence-electron chi connectivity index (χ4n) is 2.86. The third-order valence-corrected chi connectivity index (χ3v) is 7.57. The van der Waals surface area contributed by atoms with E-state index in [0.29, 0.717) is 4.90 Å². The number of nitrogens with zero attached hydrogens (tertiary/aromatic N) is 1. The summed E-state index contributed by atoms with van der Waals surface area (Å²) in [4.78, 5) is 94.1. The molecule has 238 valence electrons. The van der Waals surface area contributed by atoms with Crippen LogP contribution in [0.2, 0.25) is 0 Å². The average molecular weight is 643 g/mol. The Labute approximate surface area is 246 Å². The fourth-order valence-corrected chi connectivity index (χ4v) is 5.25. The lowest BCUT2D eigenvalue weighted by molar-refractivity contribution is -0.145. The van der Waals surface area contributed by atoms with Crippen molar-refractivity contribution in [3.8, 4) is 0 Å². The van der Waals surface area contributed by atoms with Crippen LogP contribution in [0.1, 0.15) is 25.7 Å². The molecule has 0 bridgehead atoms. The molecule has 4 atom stereocenters. The van der Waals surface area contributed by atoms with Gasteiger partial charge in [0, 0.05) is 24.3 Å². The molecule has 0 fully saturated rings. The highest BCUT2D eigenvalue weighted by Gasteiger charge is 2.31. The fraction of sp³-hybridized carbons (Fsp3) is 0.619. The maximum atomic E-state index is 12.7. The number of carbonyl (C=O) groups excluding carboxylic acids is 4. The molecule has 19 nitrogen and oxygen atoms in total. The minimum absolute atomic E-state index is 0.211. The number of aliphatic hydroxyl groups is 1. The van der Waals surface area contributed by atoms with Crippen molar-refractivity contribution in [2.75, 3.05) is 31.3 Å². The molecule has 0 saturated heterocycles. The van der Waals surface area contributed by atoms with E-state index in [4.69, 9.17) is 31.9 Å². The number of carboxylic acid groups (broad SMARTS) is 4. The summed E-state index contributed by atoms with van der Waals surface area (Å²) in [5.41, 5.74) is 10.7. The van der Waals surface area contributed by atoms with Crippen LogP contribution < -0.4 is 27.4 Å². The number of hydrogen-bond donors (Lipinski definition) is 10. The Balaban J connectivity index is 5.49. The van der Waals surface area contributed by atoms with E-state index in [1.807, 2.05) is 0 Å². The van der Waals surface area contributed by atoms with Gasteiger partial charge >= 0.3 is 23.9 Å². The first kappa shape index (κ1) is 38.3. The normalized spacial score (nSPS) is 13.5. The van der Waals surface area contributed by atoms with Gasteiger partial charge in [-0.05, 0) is 12.8 Å². The molecule has 0 rings (SSSR count). The molecule has 0 spiro atoms. The Morgan fingerprint density at radius 2 is 1.19 bits per heavy atom. The number of aliphatic hydroxyl groups excluding tert-OH is 1. The van der Waals surface area contributed by atoms with Crippen LogP contribution in [0.3, 0.4) is 0 Å². The number of nitrogens with one attached hydrogen (secondary N) is 3. The van der Waals surface area contributed by atoms with Gasteiger partial charge in [-0.25, -0.2) is 0 Å². The van der Waals surface area contributed by atoms with E-state index in [9.17, 15) is 43.5 Å². The number of rotatable bonds is 22. The Morgan fingerprint density at radius 3 is 1.67 bits per heavy atom. The van der Waals surface area contributed by atoms with Gasteiger partial charge in [0.15, 0.2) is 0 Å². The van der Waals surface area contributed by atoms with Gasteiger partial charge in [0.1, 0.15) is 44.0 Å². The van der Waals surface area contributed by atoms with E-state index in [1.165, 1.54) is 0 Å². The molecule has 0 aromatic rings. The molecule has 0 aromatic carbocycles. The van der Waals surface area contributed by atoms with Crippen molar-refractivity contribution in [1.82, 2.24) is 20.9 Å². The summed E-state index contributed by atoms with van der Waals surface area (Å²) in [7, 11) is 1.76. The van der Waals surface area contributed by atoms with E-state index in [2.05, 4.69) is 16.0 Å². The van der Waals surface area contributed by atoms with Crippen molar-refractivity contribution in [2.24, 2.45) is 11.5 Å². The summed E-state index contributed by atoms with van der Waals surface area (Å²) in [6, 6.07) is -5.49. The SMILES string of the molecule is N[C@@H](CCC(=O)N[C@@H](CSSC[C@@H](C(=O)NCC(=O)O)N(CO)C(=O)CC[C@H](N)C(=O)O)C(=O)NCC(=O)O)C(=O)O. The van der Waals surface area contributed by atoms with E-state index < -0.39 is 97.9 Å². The van der Waals surface area contributed by atoms with Crippen molar-refractivity contribution in [2.45, 2.75) is 49.9 Å². The highest BCUT2D eigenvalue weighted by Crippen LogP contribution is 2.25. The molecule has 42 heavy (non-hydrogen) atoms. The van der Waals surface area contributed by atoms with Gasteiger partial charge in [-0.2, -0.15) is 0 Å². The molecule has 0 heterocycles. The molecular weight excluding hydrogens is 608 g/mol. The van der Waals surface area contributed by atoms with E-state index in [1.54, 1.807) is 0 Å². The van der Waals surface area contributed by atoms with Crippen LogP contribution in [-0.4, -0.2) is 133 Å². The summed E-state index contributed by atoms with van der Waals surface area (Å²) in [5.74, 6) is -9.43. The predicted octanol–water partition coefficient (Wildman–Crippen LogP) is -4.21. The zero-order valence-corrected chi connectivity index (χ0v) is 23.7. The number of nitrogens with two attached hydrogens (primary N) is 2. The molecule has 0 saturated carbocycles. The highest BCUT2D eigenvalue weighted by molar-refractivity contribution is 8.76. The first-order valence-electron chi connectivity index (χ1n) is 12.0. The second-order valence-electron chi connectivity index (χ2n) is 8.40. The van der Waals surface area contributed by atoms with Crippen molar-refractivity contribution in [1.29, 1.82) is 0 Å². The third-order valence-electron chi connectivity index (χ3n) is 5.16. The zero-order chi connectivity index (χ0) is 32.4. The van der Waals surface area contributed by atoms with E-state index >= 15 is 0 Å². The Kier molecular flexibility index (Phi) is 18.5. The first-order chi connectivity index (χ1) is 19.6. The summed E-state index contributed by atoms with van der Waals surface area (Å²) in [6.45, 7) is -2.57. The number of hydrogen-bond acceptors (Lipinski definition) is 13. The van der Waals surface area contributed by atoms with Crippen molar-refractivity contribution < 1.29 is 63.9 Å². The van der Waals surface area contributed by atoms with Gasteiger partial charge in [-0.1, -0.05) is 21.6 Å². The predicted molar refractivity (Wildman–Crippen MR) is 146 cm³/mol. The Bertz CT molecular complexity index is 1000. The maximum absolute atomic E-state index is 12.7. The lowest BCUT2D eigenvalue weighted by Crippen LogP contribution is -2.52. The van der Waals surface area contributed by atoms with Gasteiger partial charge < -0.3 is 57.9 Å². The number of amides is 4.